The molecule has 2 aliphatic rings. The van der Waals surface area contributed by atoms with E-state index in [0.29, 0.717) is 43.9 Å². The minimum absolute atomic E-state index is 0.00299. The first-order valence-electron chi connectivity index (χ1n) is 10.9. The molecular formula is C23H27N5O4S. The molecule has 5 amide bonds. The summed E-state index contributed by atoms with van der Waals surface area (Å²) in [5.41, 5.74) is 2.44. The number of nitrogens with one attached hydrogen (secondary N) is 2. The Morgan fingerprint density at radius 2 is 1.79 bits per heavy atom. The molecule has 33 heavy (non-hydrogen) atoms. The van der Waals surface area contributed by atoms with Gasteiger partial charge < -0.3 is 10.2 Å². The Labute approximate surface area is 196 Å². The molecule has 174 valence electrons. The average Bonchev–Trinajstić information content (AvgIpc) is 3.42. The van der Waals surface area contributed by atoms with Crippen LogP contribution in [0.4, 0.5) is 4.79 Å². The van der Waals surface area contributed by atoms with E-state index < -0.39 is 23.4 Å². The van der Waals surface area contributed by atoms with Crippen LogP contribution in [0, 0.1) is 0 Å². The Morgan fingerprint density at radius 3 is 2.45 bits per heavy atom. The highest BCUT2D eigenvalue weighted by Gasteiger charge is 2.48. The first-order valence-corrected chi connectivity index (χ1v) is 11.8. The molecule has 0 spiro atoms. The summed E-state index contributed by atoms with van der Waals surface area (Å²) in [6, 6.07) is 12.7. The van der Waals surface area contributed by atoms with E-state index in [2.05, 4.69) is 10.7 Å². The Balaban J connectivity index is 1.26. The molecule has 0 saturated carbocycles. The van der Waals surface area contributed by atoms with Gasteiger partial charge in [-0.3, -0.25) is 24.7 Å². The molecule has 3 heterocycles. The zero-order chi connectivity index (χ0) is 23.4. The van der Waals surface area contributed by atoms with Crippen molar-refractivity contribution in [2.24, 2.45) is 0 Å². The van der Waals surface area contributed by atoms with Crippen molar-refractivity contribution in [1.29, 1.82) is 0 Å². The van der Waals surface area contributed by atoms with Crippen molar-refractivity contribution in [2.45, 2.75) is 25.3 Å². The zero-order valence-corrected chi connectivity index (χ0v) is 19.3. The Hall–Kier alpha value is -3.24. The number of aryl methyl sites for hydroxylation is 1. The SMILES string of the molecule is CC1(CCc2ccccc2)NC(=O)N(NC(=O)CN2CCN(C(=O)c3cccs3)CC2)C1=O. The van der Waals surface area contributed by atoms with Crippen LogP contribution in [-0.2, 0) is 16.0 Å². The van der Waals surface area contributed by atoms with Crippen molar-refractivity contribution in [3.63, 3.8) is 0 Å². The fourth-order valence-electron chi connectivity index (χ4n) is 4.02. The highest BCUT2D eigenvalue weighted by atomic mass is 32.1. The second-order valence-electron chi connectivity index (χ2n) is 8.47. The molecule has 1 aromatic carbocycles. The lowest BCUT2D eigenvalue weighted by Gasteiger charge is -2.34. The van der Waals surface area contributed by atoms with Gasteiger partial charge in [0.15, 0.2) is 0 Å². The first-order chi connectivity index (χ1) is 15.9. The van der Waals surface area contributed by atoms with Crippen molar-refractivity contribution in [1.82, 2.24) is 25.6 Å². The molecule has 0 aliphatic carbocycles. The van der Waals surface area contributed by atoms with Gasteiger partial charge in [-0.25, -0.2) is 4.79 Å². The van der Waals surface area contributed by atoms with Gasteiger partial charge in [-0.2, -0.15) is 5.01 Å². The van der Waals surface area contributed by atoms with Gasteiger partial charge >= 0.3 is 6.03 Å². The van der Waals surface area contributed by atoms with Gasteiger partial charge in [0.2, 0.25) is 0 Å². The van der Waals surface area contributed by atoms with E-state index >= 15 is 0 Å². The molecule has 1 atom stereocenters. The molecule has 0 radical (unpaired) electrons. The Kier molecular flexibility index (Phi) is 6.75. The fourth-order valence-corrected chi connectivity index (χ4v) is 4.71. The summed E-state index contributed by atoms with van der Waals surface area (Å²) in [6.07, 6.45) is 1.05. The number of hydrogen-bond donors (Lipinski definition) is 2. The van der Waals surface area contributed by atoms with Crippen LogP contribution in [0.15, 0.2) is 47.8 Å². The smallest absolute Gasteiger partial charge is 0.335 e. The third-order valence-corrected chi connectivity index (χ3v) is 6.87. The van der Waals surface area contributed by atoms with Gasteiger partial charge in [-0.05, 0) is 36.8 Å². The van der Waals surface area contributed by atoms with Crippen molar-refractivity contribution >= 4 is 35.1 Å². The van der Waals surface area contributed by atoms with Gasteiger partial charge in [0.25, 0.3) is 17.7 Å². The van der Waals surface area contributed by atoms with Crippen LogP contribution in [-0.4, -0.2) is 76.8 Å². The van der Waals surface area contributed by atoms with Crippen LogP contribution in [0.3, 0.4) is 0 Å². The van der Waals surface area contributed by atoms with Crippen LogP contribution >= 0.6 is 11.3 Å². The maximum absolute atomic E-state index is 12.9. The third kappa shape index (κ3) is 5.23. The lowest BCUT2D eigenvalue weighted by Crippen LogP contribution is -2.54. The van der Waals surface area contributed by atoms with Crippen LogP contribution < -0.4 is 10.7 Å². The Bertz CT molecular complexity index is 1020. The normalized spacial score (nSPS) is 21.2. The lowest BCUT2D eigenvalue weighted by atomic mass is 9.93. The molecule has 9 nitrogen and oxygen atoms in total. The number of amides is 5. The average molecular weight is 470 g/mol. The van der Waals surface area contributed by atoms with E-state index in [1.807, 2.05) is 46.7 Å². The molecule has 2 fully saturated rings. The Morgan fingerprint density at radius 1 is 1.06 bits per heavy atom. The molecular weight excluding hydrogens is 442 g/mol. The summed E-state index contributed by atoms with van der Waals surface area (Å²) in [5.74, 6) is -0.907. The van der Waals surface area contributed by atoms with E-state index in [1.54, 1.807) is 17.9 Å². The van der Waals surface area contributed by atoms with Crippen molar-refractivity contribution in [3.8, 4) is 0 Å². The van der Waals surface area contributed by atoms with Crippen LogP contribution in [0.1, 0.15) is 28.6 Å². The molecule has 4 rings (SSSR count). The standard InChI is InChI=1S/C23H27N5O4S/c1-23(10-9-17-6-3-2-4-7-17)21(31)28(22(32)24-23)25-19(29)16-26-11-13-27(14-12-26)20(30)18-8-5-15-33-18/h2-8,15H,9-14,16H2,1H3,(H,24,32)(H,25,29). The molecule has 0 bridgehead atoms. The number of piperazine rings is 1. The number of rotatable bonds is 7. The quantitative estimate of drug-likeness (QED) is 0.598. The molecule has 2 N–H and O–H groups in total. The monoisotopic (exact) mass is 469 g/mol. The second-order valence-corrected chi connectivity index (χ2v) is 9.42. The number of thiophene rings is 1. The maximum atomic E-state index is 12.9. The predicted molar refractivity (Wildman–Crippen MR) is 123 cm³/mol. The van der Waals surface area contributed by atoms with E-state index in [0.717, 1.165) is 10.6 Å². The topological polar surface area (TPSA) is 102 Å². The van der Waals surface area contributed by atoms with Gasteiger partial charge in [0, 0.05) is 26.2 Å². The minimum atomic E-state index is -1.08. The van der Waals surface area contributed by atoms with Crippen molar-refractivity contribution in [3.05, 3.63) is 58.3 Å². The number of carbonyl (C=O) groups is 4. The van der Waals surface area contributed by atoms with Crippen LogP contribution in [0.25, 0.3) is 0 Å². The zero-order valence-electron chi connectivity index (χ0n) is 18.5. The number of nitrogens with zero attached hydrogens (tertiary/aromatic N) is 3. The van der Waals surface area contributed by atoms with Crippen LogP contribution in [0.5, 0.6) is 0 Å². The summed E-state index contributed by atoms with van der Waals surface area (Å²) in [5, 5.41) is 5.36. The van der Waals surface area contributed by atoms with Gasteiger partial charge in [0.05, 0.1) is 11.4 Å². The number of benzene rings is 1. The first kappa shape index (κ1) is 22.9. The predicted octanol–water partition coefficient (Wildman–Crippen LogP) is 1.48. The number of urea groups is 1. The molecule has 2 aliphatic heterocycles. The summed E-state index contributed by atoms with van der Waals surface area (Å²) in [4.78, 5) is 54.7. The largest absolute Gasteiger partial charge is 0.344 e. The number of hydrazine groups is 1. The van der Waals surface area contributed by atoms with E-state index in [9.17, 15) is 19.2 Å². The van der Waals surface area contributed by atoms with E-state index in [1.165, 1.54) is 11.3 Å². The lowest BCUT2D eigenvalue weighted by molar-refractivity contribution is -0.139. The number of imide groups is 1. The van der Waals surface area contributed by atoms with E-state index in [-0.39, 0.29) is 12.5 Å². The summed E-state index contributed by atoms with van der Waals surface area (Å²) < 4.78 is 0. The number of carbonyl (C=O) groups excluding carboxylic acids is 4. The van der Waals surface area contributed by atoms with Crippen LogP contribution in [0.2, 0.25) is 0 Å². The van der Waals surface area contributed by atoms with E-state index in [4.69, 9.17) is 0 Å². The minimum Gasteiger partial charge on any atom is -0.335 e. The fraction of sp³-hybridized carbons (Fsp3) is 0.391. The van der Waals surface area contributed by atoms with Gasteiger partial charge in [-0.15, -0.1) is 11.3 Å². The van der Waals surface area contributed by atoms with Crippen molar-refractivity contribution < 1.29 is 19.2 Å². The molecule has 1 unspecified atom stereocenters. The summed E-state index contributed by atoms with van der Waals surface area (Å²) >= 11 is 1.41. The van der Waals surface area contributed by atoms with Gasteiger partial charge in [0.1, 0.15) is 5.54 Å². The highest BCUT2D eigenvalue weighted by molar-refractivity contribution is 7.12. The summed E-state index contributed by atoms with van der Waals surface area (Å²) in [7, 11) is 0. The summed E-state index contributed by atoms with van der Waals surface area (Å²) in [6.45, 7) is 3.83. The third-order valence-electron chi connectivity index (χ3n) is 6.01. The number of hydrogen-bond acceptors (Lipinski definition) is 6. The highest BCUT2D eigenvalue weighted by Crippen LogP contribution is 2.22. The molecule has 2 saturated heterocycles. The second kappa shape index (κ2) is 9.72. The van der Waals surface area contributed by atoms with Crippen molar-refractivity contribution in [2.75, 3.05) is 32.7 Å². The van der Waals surface area contributed by atoms with Gasteiger partial charge in [-0.1, -0.05) is 36.4 Å². The maximum Gasteiger partial charge on any atom is 0.344 e. The molecule has 2 aromatic rings. The molecule has 10 heteroatoms. The molecule has 1 aromatic heterocycles.